The Hall–Kier alpha value is -1.73. The summed E-state index contributed by atoms with van der Waals surface area (Å²) in [5.41, 5.74) is 6.94. The van der Waals surface area contributed by atoms with E-state index in [1.54, 1.807) is 19.4 Å². The van der Waals surface area contributed by atoms with Crippen molar-refractivity contribution in [1.29, 1.82) is 0 Å². The summed E-state index contributed by atoms with van der Waals surface area (Å²) in [6.07, 6.45) is 4.27. The van der Waals surface area contributed by atoms with Crippen molar-refractivity contribution < 1.29 is 4.79 Å². The maximum atomic E-state index is 11.8. The Balaban J connectivity index is 2.02. The third-order valence-electron chi connectivity index (χ3n) is 3.41. The molecule has 0 radical (unpaired) electrons. The Bertz CT molecular complexity index is 449. The molecule has 0 spiro atoms. The summed E-state index contributed by atoms with van der Waals surface area (Å²) in [7, 11) is 1.65. The smallest absolute Gasteiger partial charge is 0.237 e. The van der Waals surface area contributed by atoms with E-state index in [1.807, 2.05) is 6.92 Å². The van der Waals surface area contributed by atoms with Crippen LogP contribution in [-0.4, -0.2) is 53.0 Å². The van der Waals surface area contributed by atoms with E-state index in [0.717, 1.165) is 12.1 Å². The highest BCUT2D eigenvalue weighted by Crippen LogP contribution is 2.19. The second-order valence-electron chi connectivity index (χ2n) is 5.00. The molecule has 1 saturated heterocycles. The van der Waals surface area contributed by atoms with Gasteiger partial charge in [0.15, 0.2) is 0 Å². The molecule has 1 aromatic rings. The van der Waals surface area contributed by atoms with Gasteiger partial charge < -0.3 is 16.4 Å². The van der Waals surface area contributed by atoms with Crippen molar-refractivity contribution in [2.24, 2.45) is 5.73 Å². The quantitative estimate of drug-likeness (QED) is 0.675. The second kappa shape index (κ2) is 6.62. The maximum Gasteiger partial charge on any atom is 0.237 e. The van der Waals surface area contributed by atoms with Crippen LogP contribution < -0.4 is 16.4 Å². The van der Waals surface area contributed by atoms with Crippen molar-refractivity contribution in [1.82, 2.24) is 20.2 Å². The van der Waals surface area contributed by atoms with Gasteiger partial charge >= 0.3 is 0 Å². The Morgan fingerprint density at radius 1 is 1.50 bits per heavy atom. The molecular formula is C13H22N6O. The van der Waals surface area contributed by atoms with Crippen LogP contribution in [0.2, 0.25) is 0 Å². The van der Waals surface area contributed by atoms with E-state index in [2.05, 4.69) is 25.5 Å². The summed E-state index contributed by atoms with van der Waals surface area (Å²) < 4.78 is 0. The van der Waals surface area contributed by atoms with Gasteiger partial charge in [-0.1, -0.05) is 0 Å². The van der Waals surface area contributed by atoms with Crippen LogP contribution in [0.25, 0.3) is 0 Å². The molecule has 1 amide bonds. The van der Waals surface area contributed by atoms with Crippen molar-refractivity contribution >= 4 is 11.9 Å². The average Bonchev–Trinajstić information content (AvgIpc) is 2.81. The zero-order chi connectivity index (χ0) is 14.5. The van der Waals surface area contributed by atoms with Crippen molar-refractivity contribution in [3.63, 3.8) is 0 Å². The second-order valence-corrected chi connectivity index (χ2v) is 5.00. The first-order valence-corrected chi connectivity index (χ1v) is 6.90. The summed E-state index contributed by atoms with van der Waals surface area (Å²) in [6, 6.07) is -0.123. The van der Waals surface area contributed by atoms with E-state index >= 15 is 0 Å². The first-order valence-electron chi connectivity index (χ1n) is 6.90. The molecule has 110 valence electrons. The third kappa shape index (κ3) is 3.43. The highest BCUT2D eigenvalue weighted by atomic mass is 16.2. The van der Waals surface area contributed by atoms with Gasteiger partial charge in [-0.15, -0.1) is 0 Å². The normalized spacial score (nSPS) is 22.8. The summed E-state index contributed by atoms with van der Waals surface area (Å²) >= 11 is 0. The Morgan fingerprint density at radius 3 is 2.80 bits per heavy atom. The highest BCUT2D eigenvalue weighted by molar-refractivity contribution is 5.81. The fourth-order valence-corrected chi connectivity index (χ4v) is 2.47. The molecule has 1 aliphatic heterocycles. The number of carbonyl (C=O) groups excluding carboxylic acids is 1. The lowest BCUT2D eigenvalue weighted by atomic mass is 10.1. The number of likely N-dealkylation sites (tertiary alicyclic amines) is 1. The van der Waals surface area contributed by atoms with Crippen LogP contribution in [0.15, 0.2) is 12.4 Å². The number of carbonyl (C=O) groups is 1. The first kappa shape index (κ1) is 14.7. The summed E-state index contributed by atoms with van der Waals surface area (Å²) in [4.78, 5) is 22.4. The summed E-state index contributed by atoms with van der Waals surface area (Å²) in [5, 5.41) is 5.74. The number of nitrogens with zero attached hydrogens (tertiary/aromatic N) is 3. The van der Waals surface area contributed by atoms with Crippen LogP contribution in [0.5, 0.6) is 0 Å². The Labute approximate surface area is 119 Å². The fraction of sp³-hybridized carbons (Fsp3) is 0.615. The molecule has 7 nitrogen and oxygen atoms in total. The number of aromatic nitrogens is 2. The molecule has 0 saturated carbocycles. The standard InChI is InChI=1S/C13H22N6O/c1-3-16-13-17-5-9(6-18-13)7-19-8-10(14)4-11(19)12(20)15-2/h5-6,10-11H,3-4,7-8,14H2,1-2H3,(H,15,20)(H,16,17,18)/t10-,11+/m1/s1. The van der Waals surface area contributed by atoms with Gasteiger partial charge in [-0.25, -0.2) is 9.97 Å². The van der Waals surface area contributed by atoms with E-state index in [9.17, 15) is 4.79 Å². The van der Waals surface area contributed by atoms with Gasteiger partial charge in [-0.05, 0) is 13.3 Å². The van der Waals surface area contributed by atoms with Crippen molar-refractivity contribution in [3.8, 4) is 0 Å². The third-order valence-corrected chi connectivity index (χ3v) is 3.41. The zero-order valence-electron chi connectivity index (χ0n) is 12.0. The molecule has 0 bridgehead atoms. The number of hydrogen-bond donors (Lipinski definition) is 3. The van der Waals surface area contributed by atoms with Gasteiger partial charge in [-0.2, -0.15) is 0 Å². The number of nitrogens with one attached hydrogen (secondary N) is 2. The monoisotopic (exact) mass is 278 g/mol. The SMILES string of the molecule is CCNc1ncc(CN2C[C@H](N)C[C@H]2C(=O)NC)cn1. The summed E-state index contributed by atoms with van der Waals surface area (Å²) in [6.45, 7) is 4.14. The molecule has 2 rings (SSSR count). The lowest BCUT2D eigenvalue weighted by Crippen LogP contribution is -2.41. The predicted octanol–water partition coefficient (Wildman–Crippen LogP) is -0.444. The van der Waals surface area contributed by atoms with Crippen LogP contribution in [0.1, 0.15) is 18.9 Å². The Kier molecular flexibility index (Phi) is 4.86. The average molecular weight is 278 g/mol. The van der Waals surface area contributed by atoms with Gasteiger partial charge in [-0.3, -0.25) is 9.69 Å². The van der Waals surface area contributed by atoms with Crippen molar-refractivity contribution in [2.75, 3.05) is 25.5 Å². The molecular weight excluding hydrogens is 256 g/mol. The van der Waals surface area contributed by atoms with Crippen LogP contribution >= 0.6 is 0 Å². The highest BCUT2D eigenvalue weighted by Gasteiger charge is 2.34. The lowest BCUT2D eigenvalue weighted by Gasteiger charge is -2.22. The molecule has 4 N–H and O–H groups in total. The maximum absolute atomic E-state index is 11.8. The number of nitrogens with two attached hydrogens (primary N) is 1. The molecule has 0 aliphatic carbocycles. The van der Waals surface area contributed by atoms with Gasteiger partial charge in [0, 0.05) is 50.7 Å². The lowest BCUT2D eigenvalue weighted by molar-refractivity contribution is -0.125. The molecule has 20 heavy (non-hydrogen) atoms. The predicted molar refractivity (Wildman–Crippen MR) is 77.1 cm³/mol. The van der Waals surface area contributed by atoms with Crippen LogP contribution in [-0.2, 0) is 11.3 Å². The topological polar surface area (TPSA) is 96.2 Å². The van der Waals surface area contributed by atoms with E-state index in [1.165, 1.54) is 0 Å². The molecule has 1 fully saturated rings. The number of rotatable bonds is 5. The number of hydrogen-bond acceptors (Lipinski definition) is 6. The first-order chi connectivity index (χ1) is 9.63. The zero-order valence-corrected chi connectivity index (χ0v) is 12.0. The number of likely N-dealkylation sites (N-methyl/N-ethyl adjacent to an activating group) is 1. The van der Waals surface area contributed by atoms with Crippen LogP contribution in [0, 0.1) is 0 Å². The van der Waals surface area contributed by atoms with Gasteiger partial charge in [0.1, 0.15) is 0 Å². The minimum absolute atomic E-state index is 0.0168. The minimum atomic E-state index is -0.163. The van der Waals surface area contributed by atoms with Gasteiger partial charge in [0.05, 0.1) is 6.04 Å². The molecule has 2 atom stereocenters. The van der Waals surface area contributed by atoms with Crippen LogP contribution in [0.3, 0.4) is 0 Å². The van der Waals surface area contributed by atoms with E-state index < -0.39 is 0 Å². The Morgan fingerprint density at radius 2 is 2.20 bits per heavy atom. The molecule has 0 unspecified atom stereocenters. The fourth-order valence-electron chi connectivity index (χ4n) is 2.47. The van der Waals surface area contributed by atoms with Crippen LogP contribution in [0.4, 0.5) is 5.95 Å². The van der Waals surface area contributed by atoms with E-state index in [4.69, 9.17) is 5.73 Å². The minimum Gasteiger partial charge on any atom is -0.358 e. The number of amides is 1. The van der Waals surface area contributed by atoms with Gasteiger partial charge in [0.2, 0.25) is 11.9 Å². The summed E-state index contributed by atoms with van der Waals surface area (Å²) in [5.74, 6) is 0.639. The largest absolute Gasteiger partial charge is 0.358 e. The van der Waals surface area contributed by atoms with Crippen molar-refractivity contribution in [3.05, 3.63) is 18.0 Å². The number of anilines is 1. The molecule has 0 aromatic carbocycles. The molecule has 2 heterocycles. The molecule has 1 aromatic heterocycles. The van der Waals surface area contributed by atoms with E-state index in [-0.39, 0.29) is 18.0 Å². The molecule has 1 aliphatic rings. The van der Waals surface area contributed by atoms with E-state index in [0.29, 0.717) is 25.5 Å². The molecule has 7 heteroatoms. The van der Waals surface area contributed by atoms with Crippen molar-refractivity contribution in [2.45, 2.75) is 32.0 Å². The van der Waals surface area contributed by atoms with Gasteiger partial charge in [0.25, 0.3) is 0 Å².